The number of fused-ring (bicyclic) bond motifs is 1. The van der Waals surface area contributed by atoms with Crippen molar-refractivity contribution in [2.75, 3.05) is 6.61 Å². The summed E-state index contributed by atoms with van der Waals surface area (Å²) >= 11 is 13.3. The van der Waals surface area contributed by atoms with Gasteiger partial charge in [-0.3, -0.25) is 4.79 Å². The zero-order valence-corrected chi connectivity index (χ0v) is 14.7. The lowest BCUT2D eigenvalue weighted by molar-refractivity contribution is -0.125. The molecular weight excluding hydrogens is 345 g/mol. The fraction of sp³-hybridized carbons (Fsp3) is 0.333. The number of carbonyl (C=O) groups excluding carboxylic acids is 2. The van der Waals surface area contributed by atoms with Crippen molar-refractivity contribution in [1.29, 1.82) is 0 Å². The molecule has 0 saturated carbocycles. The highest BCUT2D eigenvalue weighted by Gasteiger charge is 2.20. The number of ether oxygens (including phenoxy) is 1. The Hall–Kier alpha value is -1.30. The third kappa shape index (κ3) is 4.12. The van der Waals surface area contributed by atoms with E-state index in [1.807, 2.05) is 20.8 Å². The summed E-state index contributed by atoms with van der Waals surface area (Å²) in [6.45, 7) is 5.19. The second kappa shape index (κ2) is 6.44. The summed E-state index contributed by atoms with van der Waals surface area (Å²) in [5, 5.41) is 4.33. The molecule has 1 aromatic heterocycles. The second-order valence-electron chi connectivity index (χ2n) is 5.76. The van der Waals surface area contributed by atoms with Crippen molar-refractivity contribution in [3.63, 3.8) is 0 Å². The van der Waals surface area contributed by atoms with E-state index in [-0.39, 0.29) is 22.9 Å². The molecule has 0 saturated heterocycles. The first kappa shape index (κ1) is 17.1. The molecule has 0 bridgehead atoms. The third-order valence-electron chi connectivity index (χ3n) is 2.63. The molecule has 1 N–H and O–H groups in total. The Balaban J connectivity index is 2.10. The molecule has 0 radical (unpaired) electrons. The molecule has 7 heteroatoms. The highest BCUT2D eigenvalue weighted by atomic mass is 35.5. The maximum Gasteiger partial charge on any atom is 0.350 e. The molecule has 0 spiro atoms. The number of hydrogen-bond donors (Lipinski definition) is 1. The molecule has 0 aliphatic carbocycles. The fourth-order valence-electron chi connectivity index (χ4n) is 1.82. The maximum absolute atomic E-state index is 12.1. The van der Waals surface area contributed by atoms with E-state index in [2.05, 4.69) is 5.32 Å². The average molecular weight is 360 g/mol. The summed E-state index contributed by atoms with van der Waals surface area (Å²) in [5.41, 5.74) is -0.379. The molecule has 0 unspecified atom stereocenters. The standard InChI is InChI=1S/C15H15Cl2NO3S/c1-15(2,3)18-11(19)7-21-14(20)13-12(17)9-5-4-8(16)6-10(9)22-13/h4-6H,7H2,1-3H3,(H,18,19). The molecule has 0 aliphatic heterocycles. The zero-order chi connectivity index (χ0) is 16.5. The number of esters is 1. The Morgan fingerprint density at radius 3 is 2.59 bits per heavy atom. The average Bonchev–Trinajstić information content (AvgIpc) is 2.71. The first-order chi connectivity index (χ1) is 10.2. The van der Waals surface area contributed by atoms with Gasteiger partial charge in [-0.15, -0.1) is 11.3 Å². The van der Waals surface area contributed by atoms with Gasteiger partial charge in [0.05, 0.1) is 5.02 Å². The maximum atomic E-state index is 12.1. The van der Waals surface area contributed by atoms with E-state index in [4.69, 9.17) is 27.9 Å². The van der Waals surface area contributed by atoms with Crippen LogP contribution in [0.2, 0.25) is 10.0 Å². The topological polar surface area (TPSA) is 55.4 Å². The molecule has 1 heterocycles. The van der Waals surface area contributed by atoms with Crippen molar-refractivity contribution in [3.8, 4) is 0 Å². The number of halogens is 2. The number of nitrogens with one attached hydrogen (secondary N) is 1. The van der Waals surface area contributed by atoms with Crippen LogP contribution in [-0.2, 0) is 9.53 Å². The monoisotopic (exact) mass is 359 g/mol. The van der Waals surface area contributed by atoms with Gasteiger partial charge in [0.2, 0.25) is 0 Å². The molecule has 2 aromatic rings. The molecule has 22 heavy (non-hydrogen) atoms. The highest BCUT2D eigenvalue weighted by molar-refractivity contribution is 7.21. The van der Waals surface area contributed by atoms with Gasteiger partial charge >= 0.3 is 5.97 Å². The minimum atomic E-state index is -0.619. The molecule has 1 aromatic carbocycles. The van der Waals surface area contributed by atoms with Crippen LogP contribution in [0.5, 0.6) is 0 Å². The summed E-state index contributed by atoms with van der Waals surface area (Å²) in [6.07, 6.45) is 0. The SMILES string of the molecule is CC(C)(C)NC(=O)COC(=O)c1sc2cc(Cl)ccc2c1Cl. The van der Waals surface area contributed by atoms with Gasteiger partial charge < -0.3 is 10.1 Å². The van der Waals surface area contributed by atoms with E-state index >= 15 is 0 Å². The predicted octanol–water partition coefficient (Wildman–Crippen LogP) is 4.28. The normalized spacial score (nSPS) is 11.5. The summed E-state index contributed by atoms with van der Waals surface area (Å²) in [7, 11) is 0. The van der Waals surface area contributed by atoms with E-state index < -0.39 is 5.97 Å². The number of benzene rings is 1. The first-order valence-corrected chi connectivity index (χ1v) is 8.10. The Bertz CT molecular complexity index is 734. The van der Waals surface area contributed by atoms with Gasteiger partial charge in [-0.1, -0.05) is 29.3 Å². The quantitative estimate of drug-likeness (QED) is 0.832. The minimum Gasteiger partial charge on any atom is -0.451 e. The van der Waals surface area contributed by atoms with E-state index in [1.54, 1.807) is 18.2 Å². The lowest BCUT2D eigenvalue weighted by Crippen LogP contribution is -2.42. The molecule has 1 amide bonds. The number of amides is 1. The predicted molar refractivity (Wildman–Crippen MR) is 90.0 cm³/mol. The number of hydrogen-bond acceptors (Lipinski definition) is 4. The van der Waals surface area contributed by atoms with Gasteiger partial charge in [0.15, 0.2) is 6.61 Å². The number of thiophene rings is 1. The van der Waals surface area contributed by atoms with Gasteiger partial charge in [0.25, 0.3) is 5.91 Å². The molecule has 118 valence electrons. The van der Waals surface area contributed by atoms with Gasteiger partial charge in [0.1, 0.15) is 4.88 Å². The van der Waals surface area contributed by atoms with Gasteiger partial charge in [0, 0.05) is 20.6 Å². The van der Waals surface area contributed by atoms with E-state index in [1.165, 1.54) is 11.3 Å². The van der Waals surface area contributed by atoms with Crippen molar-refractivity contribution < 1.29 is 14.3 Å². The lowest BCUT2D eigenvalue weighted by Gasteiger charge is -2.20. The van der Waals surface area contributed by atoms with Crippen LogP contribution in [-0.4, -0.2) is 24.0 Å². The molecule has 0 atom stereocenters. The van der Waals surface area contributed by atoms with Crippen LogP contribution in [0.15, 0.2) is 18.2 Å². The van der Waals surface area contributed by atoms with E-state index in [0.717, 1.165) is 10.1 Å². The first-order valence-electron chi connectivity index (χ1n) is 6.53. The molecule has 2 rings (SSSR count). The molecule has 0 fully saturated rings. The number of carbonyl (C=O) groups is 2. The third-order valence-corrected chi connectivity index (χ3v) is 4.50. The summed E-state index contributed by atoms with van der Waals surface area (Å²) < 4.78 is 5.81. The van der Waals surface area contributed by atoms with Gasteiger partial charge in [-0.25, -0.2) is 4.79 Å². The van der Waals surface area contributed by atoms with Crippen LogP contribution < -0.4 is 5.32 Å². The summed E-state index contributed by atoms with van der Waals surface area (Å²) in [6, 6.07) is 5.19. The van der Waals surface area contributed by atoms with Crippen LogP contribution >= 0.6 is 34.5 Å². The summed E-state index contributed by atoms with van der Waals surface area (Å²) in [5.74, 6) is -0.979. The van der Waals surface area contributed by atoms with Crippen molar-refractivity contribution in [2.45, 2.75) is 26.3 Å². The van der Waals surface area contributed by atoms with Crippen molar-refractivity contribution in [2.24, 2.45) is 0 Å². The Morgan fingerprint density at radius 1 is 1.27 bits per heavy atom. The smallest absolute Gasteiger partial charge is 0.350 e. The van der Waals surface area contributed by atoms with E-state index in [9.17, 15) is 9.59 Å². The largest absolute Gasteiger partial charge is 0.451 e. The minimum absolute atomic E-state index is 0.266. The second-order valence-corrected chi connectivity index (χ2v) is 7.63. The lowest BCUT2D eigenvalue weighted by atomic mass is 10.1. The Kier molecular flexibility index (Phi) is 5.00. The molecule has 4 nitrogen and oxygen atoms in total. The number of rotatable bonds is 3. The van der Waals surface area contributed by atoms with Crippen LogP contribution in [0.25, 0.3) is 10.1 Å². The van der Waals surface area contributed by atoms with Crippen LogP contribution in [0.3, 0.4) is 0 Å². The van der Waals surface area contributed by atoms with Crippen molar-refractivity contribution in [3.05, 3.63) is 33.1 Å². The molecule has 0 aliphatic rings. The van der Waals surface area contributed by atoms with E-state index in [0.29, 0.717) is 10.0 Å². The van der Waals surface area contributed by atoms with Gasteiger partial charge in [-0.05, 0) is 32.9 Å². The Morgan fingerprint density at radius 2 is 1.95 bits per heavy atom. The molecular formula is C15H15Cl2NO3S. The van der Waals surface area contributed by atoms with Crippen LogP contribution in [0, 0.1) is 0 Å². The van der Waals surface area contributed by atoms with Gasteiger partial charge in [-0.2, -0.15) is 0 Å². The van der Waals surface area contributed by atoms with Crippen LogP contribution in [0.4, 0.5) is 0 Å². The van der Waals surface area contributed by atoms with Crippen molar-refractivity contribution >= 4 is 56.5 Å². The fourth-order valence-corrected chi connectivity index (χ4v) is 3.50. The Labute approximate surface area is 142 Å². The highest BCUT2D eigenvalue weighted by Crippen LogP contribution is 2.37. The van der Waals surface area contributed by atoms with Crippen molar-refractivity contribution in [1.82, 2.24) is 5.32 Å². The zero-order valence-electron chi connectivity index (χ0n) is 12.3. The van der Waals surface area contributed by atoms with Crippen LogP contribution in [0.1, 0.15) is 30.4 Å². The summed E-state index contributed by atoms with van der Waals surface area (Å²) in [4.78, 5) is 24.0.